The quantitative estimate of drug-likeness (QED) is 0.509. The van der Waals surface area contributed by atoms with Gasteiger partial charge in [-0.2, -0.15) is 5.26 Å². The standard InChI is InChI=1S/C11H15NO3/c1-14-10(13)11(7-12)9(15-11)8-5-3-2-4-6-8/h8-9H,2-6H2,1H3. The zero-order chi connectivity index (χ0) is 10.9. The van der Waals surface area contributed by atoms with Crippen molar-refractivity contribution >= 4 is 5.97 Å². The van der Waals surface area contributed by atoms with Crippen LogP contribution in [0.2, 0.25) is 0 Å². The lowest BCUT2D eigenvalue weighted by Gasteiger charge is -2.19. The van der Waals surface area contributed by atoms with Crippen LogP contribution in [0.3, 0.4) is 0 Å². The molecule has 0 bridgehead atoms. The highest BCUT2D eigenvalue weighted by Crippen LogP contribution is 2.46. The van der Waals surface area contributed by atoms with Crippen molar-refractivity contribution in [3.63, 3.8) is 0 Å². The minimum Gasteiger partial charge on any atom is -0.466 e. The third kappa shape index (κ3) is 1.61. The first kappa shape index (κ1) is 10.4. The lowest BCUT2D eigenvalue weighted by molar-refractivity contribution is -0.144. The van der Waals surface area contributed by atoms with Crippen molar-refractivity contribution in [3.05, 3.63) is 0 Å². The number of nitriles is 1. The number of epoxide rings is 1. The highest BCUT2D eigenvalue weighted by Gasteiger charge is 2.67. The SMILES string of the molecule is COC(=O)C1(C#N)OC1C1CCCCC1. The molecule has 0 aromatic heterocycles. The number of methoxy groups -OCH3 is 1. The van der Waals surface area contributed by atoms with Gasteiger partial charge in [-0.05, 0) is 18.8 Å². The summed E-state index contributed by atoms with van der Waals surface area (Å²) in [6.07, 6.45) is 5.49. The first-order chi connectivity index (χ1) is 7.24. The summed E-state index contributed by atoms with van der Waals surface area (Å²) in [6, 6.07) is 1.95. The van der Waals surface area contributed by atoms with Gasteiger partial charge in [0, 0.05) is 0 Å². The van der Waals surface area contributed by atoms with Crippen LogP contribution < -0.4 is 0 Å². The smallest absolute Gasteiger partial charge is 0.356 e. The lowest BCUT2D eigenvalue weighted by Crippen LogP contribution is -2.30. The zero-order valence-electron chi connectivity index (χ0n) is 8.86. The topological polar surface area (TPSA) is 62.6 Å². The van der Waals surface area contributed by atoms with Crippen molar-refractivity contribution in [2.45, 2.75) is 43.8 Å². The van der Waals surface area contributed by atoms with Gasteiger partial charge in [0.25, 0.3) is 5.60 Å². The predicted molar refractivity (Wildman–Crippen MR) is 51.8 cm³/mol. The molecule has 0 amide bonds. The number of nitrogens with zero attached hydrogens (tertiary/aromatic N) is 1. The van der Waals surface area contributed by atoms with Crippen molar-refractivity contribution < 1.29 is 14.3 Å². The molecule has 2 rings (SSSR count). The second-order valence-corrected chi connectivity index (χ2v) is 4.28. The molecule has 0 aromatic carbocycles. The summed E-state index contributed by atoms with van der Waals surface area (Å²) in [5, 5.41) is 8.98. The Balaban J connectivity index is 2.02. The summed E-state index contributed by atoms with van der Waals surface area (Å²) in [4.78, 5) is 11.4. The fourth-order valence-electron chi connectivity index (χ4n) is 2.48. The number of esters is 1. The Labute approximate surface area is 89.2 Å². The summed E-state index contributed by atoms with van der Waals surface area (Å²) < 4.78 is 9.91. The second kappa shape index (κ2) is 3.82. The molecular weight excluding hydrogens is 194 g/mol. The van der Waals surface area contributed by atoms with E-state index in [2.05, 4.69) is 4.74 Å². The molecule has 1 saturated carbocycles. The Hall–Kier alpha value is -1.08. The van der Waals surface area contributed by atoms with E-state index in [9.17, 15) is 4.79 Å². The molecular formula is C11H15NO3. The van der Waals surface area contributed by atoms with Crippen molar-refractivity contribution in [1.82, 2.24) is 0 Å². The van der Waals surface area contributed by atoms with Crippen molar-refractivity contribution in [3.8, 4) is 6.07 Å². The molecule has 2 fully saturated rings. The molecule has 1 heterocycles. The molecule has 0 radical (unpaired) electrons. The molecule has 15 heavy (non-hydrogen) atoms. The molecule has 1 aliphatic carbocycles. The Morgan fingerprint density at radius 2 is 2.13 bits per heavy atom. The van der Waals surface area contributed by atoms with Gasteiger partial charge >= 0.3 is 5.97 Å². The highest BCUT2D eigenvalue weighted by atomic mass is 16.7. The third-order valence-corrected chi connectivity index (χ3v) is 3.39. The Bertz CT molecular complexity index is 303. The number of ether oxygens (including phenoxy) is 2. The normalized spacial score (nSPS) is 35.6. The summed E-state index contributed by atoms with van der Waals surface area (Å²) in [5.74, 6) is -0.182. The maximum absolute atomic E-state index is 11.4. The van der Waals surface area contributed by atoms with E-state index in [-0.39, 0.29) is 6.10 Å². The molecule has 4 nitrogen and oxygen atoms in total. The van der Waals surface area contributed by atoms with Crippen LogP contribution in [0.1, 0.15) is 32.1 Å². The van der Waals surface area contributed by atoms with Gasteiger partial charge in [-0.3, -0.25) is 0 Å². The van der Waals surface area contributed by atoms with Crippen LogP contribution in [0.4, 0.5) is 0 Å². The fourth-order valence-corrected chi connectivity index (χ4v) is 2.48. The molecule has 2 unspecified atom stereocenters. The Morgan fingerprint density at radius 1 is 1.47 bits per heavy atom. The summed E-state index contributed by atoms with van der Waals surface area (Å²) in [5.41, 5.74) is -1.28. The van der Waals surface area contributed by atoms with Gasteiger partial charge < -0.3 is 9.47 Å². The van der Waals surface area contributed by atoms with Gasteiger partial charge in [0.1, 0.15) is 12.2 Å². The van der Waals surface area contributed by atoms with E-state index < -0.39 is 11.6 Å². The van der Waals surface area contributed by atoms with Crippen LogP contribution in [0, 0.1) is 17.2 Å². The molecule has 82 valence electrons. The molecule has 2 atom stereocenters. The van der Waals surface area contributed by atoms with Gasteiger partial charge in [-0.25, -0.2) is 4.79 Å². The molecule has 4 heteroatoms. The minimum atomic E-state index is -1.28. The fraction of sp³-hybridized carbons (Fsp3) is 0.818. The number of carbonyl (C=O) groups excluding carboxylic acids is 1. The van der Waals surface area contributed by atoms with Crippen LogP contribution in [-0.2, 0) is 14.3 Å². The van der Waals surface area contributed by atoms with Crippen LogP contribution >= 0.6 is 0 Å². The summed E-state index contributed by atoms with van der Waals surface area (Å²) in [7, 11) is 1.29. The number of rotatable bonds is 2. The highest BCUT2D eigenvalue weighted by molar-refractivity contribution is 5.87. The van der Waals surface area contributed by atoms with E-state index in [1.807, 2.05) is 6.07 Å². The van der Waals surface area contributed by atoms with Crippen LogP contribution in [0.5, 0.6) is 0 Å². The summed E-state index contributed by atoms with van der Waals surface area (Å²) in [6.45, 7) is 0. The summed E-state index contributed by atoms with van der Waals surface area (Å²) >= 11 is 0. The molecule has 1 aliphatic heterocycles. The van der Waals surface area contributed by atoms with Crippen LogP contribution in [0.15, 0.2) is 0 Å². The van der Waals surface area contributed by atoms with Crippen LogP contribution in [0.25, 0.3) is 0 Å². The largest absolute Gasteiger partial charge is 0.466 e. The Morgan fingerprint density at radius 3 is 2.67 bits per heavy atom. The van der Waals surface area contributed by atoms with E-state index >= 15 is 0 Å². The number of hydrogen-bond acceptors (Lipinski definition) is 4. The van der Waals surface area contributed by atoms with Gasteiger partial charge in [-0.15, -0.1) is 0 Å². The molecule has 0 N–H and O–H groups in total. The molecule has 2 aliphatic rings. The van der Waals surface area contributed by atoms with Crippen molar-refractivity contribution in [2.75, 3.05) is 7.11 Å². The lowest BCUT2D eigenvalue weighted by atomic mass is 9.83. The van der Waals surface area contributed by atoms with E-state index in [0.29, 0.717) is 5.92 Å². The van der Waals surface area contributed by atoms with Crippen molar-refractivity contribution in [1.29, 1.82) is 5.26 Å². The average Bonchev–Trinajstić information content (AvgIpc) is 3.05. The van der Waals surface area contributed by atoms with Crippen molar-refractivity contribution in [2.24, 2.45) is 5.92 Å². The van der Waals surface area contributed by atoms with Gasteiger partial charge in [0.2, 0.25) is 0 Å². The van der Waals surface area contributed by atoms with Gasteiger partial charge in [-0.1, -0.05) is 19.3 Å². The maximum Gasteiger partial charge on any atom is 0.356 e. The molecule has 0 spiro atoms. The monoisotopic (exact) mass is 209 g/mol. The first-order valence-corrected chi connectivity index (χ1v) is 5.42. The second-order valence-electron chi connectivity index (χ2n) is 4.28. The Kier molecular flexibility index (Phi) is 2.66. The average molecular weight is 209 g/mol. The number of carbonyl (C=O) groups is 1. The van der Waals surface area contributed by atoms with Crippen LogP contribution in [-0.4, -0.2) is 24.8 Å². The third-order valence-electron chi connectivity index (χ3n) is 3.39. The van der Waals surface area contributed by atoms with Gasteiger partial charge in [0.05, 0.1) is 7.11 Å². The van der Waals surface area contributed by atoms with E-state index in [4.69, 9.17) is 10.00 Å². The van der Waals surface area contributed by atoms with E-state index in [1.165, 1.54) is 26.4 Å². The minimum absolute atomic E-state index is 0.227. The predicted octanol–water partition coefficient (Wildman–Crippen LogP) is 1.40. The van der Waals surface area contributed by atoms with E-state index in [0.717, 1.165) is 12.8 Å². The molecule has 0 aromatic rings. The maximum atomic E-state index is 11.4. The first-order valence-electron chi connectivity index (χ1n) is 5.42. The zero-order valence-corrected chi connectivity index (χ0v) is 8.86. The van der Waals surface area contributed by atoms with Gasteiger partial charge in [0.15, 0.2) is 0 Å². The van der Waals surface area contributed by atoms with E-state index in [1.54, 1.807) is 0 Å². The number of hydrogen-bond donors (Lipinski definition) is 0. The molecule has 1 saturated heterocycles.